The summed E-state index contributed by atoms with van der Waals surface area (Å²) in [6, 6.07) is 0. The molecular weight excluding hydrogens is 580 g/mol. The number of aliphatic hydroxyl groups is 5. The van der Waals surface area contributed by atoms with E-state index in [1.165, 1.54) is 19.4 Å². The molecule has 0 amide bonds. The maximum absolute atomic E-state index is 11.4. The molecule has 0 saturated carbocycles. The number of carbonyl (C=O) groups excluding carboxylic acids is 2. The van der Waals surface area contributed by atoms with Crippen LogP contribution in [0, 0.1) is 0 Å². The maximum Gasteiger partial charge on any atom is 0.303 e. The van der Waals surface area contributed by atoms with Crippen LogP contribution in [0.4, 0.5) is 0 Å². The normalized spacial score (nSPS) is 33.7. The van der Waals surface area contributed by atoms with Crippen molar-refractivity contribution in [1.29, 1.82) is 0 Å². The molecule has 0 aromatic heterocycles. The van der Waals surface area contributed by atoms with Crippen molar-refractivity contribution in [2.75, 3.05) is 19.8 Å². The fraction of sp³-hybridized carbons (Fsp3) is 0.742. The summed E-state index contributed by atoms with van der Waals surface area (Å²) in [5.41, 5.74) is 3.32. The Labute approximate surface area is 259 Å². The maximum atomic E-state index is 11.4. The first-order valence-electron chi connectivity index (χ1n) is 14.9. The van der Waals surface area contributed by atoms with E-state index >= 15 is 0 Å². The smallest absolute Gasteiger partial charge is 0.303 e. The number of rotatable bonds is 15. The Kier molecular flexibility index (Phi) is 16.1. The molecule has 13 nitrogen and oxygen atoms in total. The molecule has 0 aliphatic carbocycles. The van der Waals surface area contributed by atoms with Crippen LogP contribution in [-0.4, -0.2) is 119 Å². The van der Waals surface area contributed by atoms with E-state index in [9.17, 15) is 35.1 Å². The van der Waals surface area contributed by atoms with Crippen molar-refractivity contribution in [3.8, 4) is 0 Å². The highest BCUT2D eigenvalue weighted by Gasteiger charge is 2.48. The van der Waals surface area contributed by atoms with Gasteiger partial charge in [0.25, 0.3) is 0 Å². The first-order chi connectivity index (χ1) is 20.7. The molecular formula is C31H50O13. The molecule has 2 fully saturated rings. The van der Waals surface area contributed by atoms with E-state index in [2.05, 4.69) is 19.1 Å². The number of esters is 2. The van der Waals surface area contributed by atoms with Crippen molar-refractivity contribution in [2.45, 2.75) is 129 Å². The third-order valence-electron chi connectivity index (χ3n) is 7.44. The summed E-state index contributed by atoms with van der Waals surface area (Å²) >= 11 is 0. The zero-order valence-corrected chi connectivity index (χ0v) is 26.5. The highest BCUT2D eigenvalue weighted by Crippen LogP contribution is 2.27. The van der Waals surface area contributed by atoms with Crippen LogP contribution in [0.1, 0.15) is 67.2 Å². The number of carbonyl (C=O) groups is 2. The molecule has 0 bridgehead atoms. The first kappa shape index (κ1) is 38.0. The van der Waals surface area contributed by atoms with Crippen molar-refractivity contribution in [1.82, 2.24) is 0 Å². The molecule has 0 spiro atoms. The SMILES string of the molecule is CC(=O)OC/C(C)=C/CC/C(C)=C/CC/C(C)=C/CO[C@@H]1O[C@H](CO[C@@H]2O[C@@H](C)[C@H](O)[C@@H](OC(C)=O)[C@H]2O)[C@@H](O)[C@H](O)[C@H]1O. The van der Waals surface area contributed by atoms with Gasteiger partial charge >= 0.3 is 11.9 Å². The highest BCUT2D eigenvalue weighted by molar-refractivity contribution is 5.66. The van der Waals surface area contributed by atoms with E-state index in [-0.39, 0.29) is 19.2 Å². The van der Waals surface area contributed by atoms with Crippen molar-refractivity contribution in [3.63, 3.8) is 0 Å². The number of aliphatic hydroxyl groups excluding tert-OH is 5. The van der Waals surface area contributed by atoms with Crippen LogP contribution >= 0.6 is 0 Å². The van der Waals surface area contributed by atoms with Gasteiger partial charge in [0, 0.05) is 13.8 Å². The van der Waals surface area contributed by atoms with Gasteiger partial charge in [0.15, 0.2) is 18.7 Å². The fourth-order valence-corrected chi connectivity index (χ4v) is 4.70. The van der Waals surface area contributed by atoms with Crippen LogP contribution < -0.4 is 0 Å². The molecule has 0 unspecified atom stereocenters. The van der Waals surface area contributed by atoms with Crippen LogP contribution in [0.15, 0.2) is 34.9 Å². The van der Waals surface area contributed by atoms with Crippen molar-refractivity contribution in [2.24, 2.45) is 0 Å². The average Bonchev–Trinajstić information content (AvgIpc) is 2.95. The Balaban J connectivity index is 1.82. The van der Waals surface area contributed by atoms with Gasteiger partial charge in [-0.25, -0.2) is 0 Å². The lowest BCUT2D eigenvalue weighted by atomic mass is 9.98. The third-order valence-corrected chi connectivity index (χ3v) is 7.44. The van der Waals surface area contributed by atoms with E-state index in [0.29, 0.717) is 6.61 Å². The number of allylic oxidation sites excluding steroid dienone is 4. The van der Waals surface area contributed by atoms with Crippen molar-refractivity contribution >= 4 is 11.9 Å². The Morgan fingerprint density at radius 2 is 1.27 bits per heavy atom. The number of hydrogen-bond donors (Lipinski definition) is 5. The predicted molar refractivity (Wildman–Crippen MR) is 157 cm³/mol. The Morgan fingerprint density at radius 1 is 0.682 bits per heavy atom. The Morgan fingerprint density at radius 3 is 1.89 bits per heavy atom. The van der Waals surface area contributed by atoms with Gasteiger partial charge in [0.2, 0.25) is 0 Å². The van der Waals surface area contributed by atoms with Crippen molar-refractivity contribution in [3.05, 3.63) is 34.9 Å². The van der Waals surface area contributed by atoms with Gasteiger partial charge < -0.3 is 54.0 Å². The largest absolute Gasteiger partial charge is 0.461 e. The van der Waals surface area contributed by atoms with Crippen LogP contribution in [0.25, 0.3) is 0 Å². The zero-order valence-electron chi connectivity index (χ0n) is 26.5. The van der Waals surface area contributed by atoms with E-state index in [1.807, 2.05) is 19.9 Å². The lowest BCUT2D eigenvalue weighted by Gasteiger charge is -2.43. The van der Waals surface area contributed by atoms with Gasteiger partial charge in [-0.05, 0) is 59.0 Å². The molecule has 252 valence electrons. The first-order valence-corrected chi connectivity index (χ1v) is 14.9. The fourth-order valence-electron chi connectivity index (χ4n) is 4.70. The van der Waals surface area contributed by atoms with Crippen molar-refractivity contribution < 1.29 is 63.5 Å². The summed E-state index contributed by atoms with van der Waals surface area (Å²) in [5, 5.41) is 52.0. The van der Waals surface area contributed by atoms with Gasteiger partial charge in [-0.2, -0.15) is 0 Å². The molecule has 10 atom stereocenters. The van der Waals surface area contributed by atoms with E-state index in [4.69, 9.17) is 28.4 Å². The summed E-state index contributed by atoms with van der Waals surface area (Å²) in [6.45, 7) is 10.0. The molecule has 13 heteroatoms. The second-order valence-electron chi connectivity index (χ2n) is 11.5. The molecule has 0 radical (unpaired) electrons. The van der Waals surface area contributed by atoms with Crippen LogP contribution in [-0.2, 0) is 38.0 Å². The van der Waals surface area contributed by atoms with Crippen LogP contribution in [0.3, 0.4) is 0 Å². The Hall–Kier alpha value is -2.20. The van der Waals surface area contributed by atoms with Gasteiger partial charge in [0.1, 0.15) is 43.2 Å². The summed E-state index contributed by atoms with van der Waals surface area (Å²) in [4.78, 5) is 22.3. The molecule has 2 saturated heterocycles. The average molecular weight is 631 g/mol. The Bertz CT molecular complexity index is 1010. The lowest BCUT2D eigenvalue weighted by molar-refractivity contribution is -0.327. The van der Waals surface area contributed by atoms with E-state index in [0.717, 1.165) is 43.8 Å². The topological polar surface area (TPSA) is 191 Å². The van der Waals surface area contributed by atoms with Crippen LogP contribution in [0.2, 0.25) is 0 Å². The molecule has 2 aliphatic rings. The molecule has 2 aliphatic heterocycles. The standard InChI is InChI=1S/C31H50O13/c1-17(10-8-12-19(3)15-40-21(5)32)9-7-11-18(2)13-14-39-30-27(37)26(36)25(35)23(44-30)16-41-31-28(38)29(43-22(6)33)24(34)20(4)42-31/h9,12-13,20,23-31,34-38H,7-8,10-11,14-16H2,1-6H3/b17-9+,18-13+,19-12+/t20-,23+,24-,25+,26-,27+,28+,29+,30+,31+/m0/s1. The number of ether oxygens (including phenoxy) is 6. The number of hydrogen-bond acceptors (Lipinski definition) is 13. The van der Waals surface area contributed by atoms with Gasteiger partial charge in [-0.1, -0.05) is 29.4 Å². The summed E-state index contributed by atoms with van der Waals surface area (Å²) in [5.74, 6) is -0.994. The second kappa shape index (κ2) is 18.7. The van der Waals surface area contributed by atoms with Gasteiger partial charge in [-0.15, -0.1) is 0 Å². The summed E-state index contributed by atoms with van der Waals surface area (Å²) in [6.07, 6.45) is -3.85. The predicted octanol–water partition coefficient (Wildman–Crippen LogP) is 1.19. The molecule has 0 aromatic rings. The van der Waals surface area contributed by atoms with E-state index in [1.54, 1.807) is 0 Å². The minimum atomic E-state index is -1.59. The molecule has 44 heavy (non-hydrogen) atoms. The second-order valence-corrected chi connectivity index (χ2v) is 11.5. The van der Waals surface area contributed by atoms with Crippen LogP contribution in [0.5, 0.6) is 0 Å². The highest BCUT2D eigenvalue weighted by atomic mass is 16.7. The van der Waals surface area contributed by atoms with E-state index < -0.39 is 67.4 Å². The summed E-state index contributed by atoms with van der Waals surface area (Å²) in [7, 11) is 0. The van der Waals surface area contributed by atoms with Gasteiger partial charge in [-0.3, -0.25) is 9.59 Å². The molecule has 0 aromatic carbocycles. The molecule has 5 N–H and O–H groups in total. The minimum absolute atomic E-state index is 0.0863. The summed E-state index contributed by atoms with van der Waals surface area (Å²) < 4.78 is 32.4. The zero-order chi connectivity index (χ0) is 33.0. The quantitative estimate of drug-likeness (QED) is 0.128. The molecule has 2 heterocycles. The minimum Gasteiger partial charge on any atom is -0.461 e. The monoisotopic (exact) mass is 630 g/mol. The van der Waals surface area contributed by atoms with Gasteiger partial charge in [0.05, 0.1) is 19.3 Å². The lowest BCUT2D eigenvalue weighted by Crippen LogP contribution is -2.61. The molecule has 2 rings (SSSR count). The third kappa shape index (κ3) is 12.3.